The zero-order valence-corrected chi connectivity index (χ0v) is 19.8. The molecule has 0 saturated carbocycles. The third kappa shape index (κ3) is 5.36. The number of rotatable bonds is 7. The number of nitrogens with zero attached hydrogens (tertiary/aromatic N) is 1. The molecule has 0 amide bonds. The van der Waals surface area contributed by atoms with Crippen LogP contribution in [0.2, 0.25) is 10.0 Å². The first-order valence-electron chi connectivity index (χ1n) is 9.35. The molecule has 1 aliphatic heterocycles. The summed E-state index contributed by atoms with van der Waals surface area (Å²) in [5.74, 6) is 1.14. The van der Waals surface area contributed by atoms with Crippen LogP contribution in [0, 0.1) is 5.92 Å². The van der Waals surface area contributed by atoms with Crippen molar-refractivity contribution in [3.05, 3.63) is 61.7 Å². The van der Waals surface area contributed by atoms with Crippen molar-refractivity contribution in [3.8, 4) is 11.5 Å². The lowest BCUT2D eigenvalue weighted by molar-refractivity contribution is -0.129. The van der Waals surface area contributed by atoms with E-state index in [0.29, 0.717) is 51.8 Å². The molecule has 0 unspecified atom stereocenters. The van der Waals surface area contributed by atoms with Gasteiger partial charge in [0.1, 0.15) is 0 Å². The van der Waals surface area contributed by atoms with Crippen molar-refractivity contribution in [1.29, 1.82) is 0 Å². The smallest absolute Gasteiger partial charge is 0.363 e. The molecule has 2 aromatic carbocycles. The van der Waals surface area contributed by atoms with Crippen LogP contribution in [0.4, 0.5) is 0 Å². The first-order valence-corrected chi connectivity index (χ1v) is 10.9. The van der Waals surface area contributed by atoms with Gasteiger partial charge in [0, 0.05) is 5.02 Å². The van der Waals surface area contributed by atoms with Gasteiger partial charge in [0.2, 0.25) is 5.90 Å². The number of benzene rings is 2. The molecule has 0 spiro atoms. The van der Waals surface area contributed by atoms with E-state index in [0.717, 1.165) is 4.47 Å². The van der Waals surface area contributed by atoms with Gasteiger partial charge >= 0.3 is 5.97 Å². The maximum atomic E-state index is 12.3. The summed E-state index contributed by atoms with van der Waals surface area (Å²) in [7, 11) is 0. The van der Waals surface area contributed by atoms with Crippen molar-refractivity contribution in [3.63, 3.8) is 0 Å². The minimum atomic E-state index is -0.565. The second-order valence-corrected chi connectivity index (χ2v) is 8.63. The molecular weight excluding hydrogens is 493 g/mol. The number of ether oxygens (including phenoxy) is 3. The fourth-order valence-corrected chi connectivity index (χ4v) is 3.73. The summed E-state index contributed by atoms with van der Waals surface area (Å²) < 4.78 is 17.6. The Balaban J connectivity index is 1.95. The summed E-state index contributed by atoms with van der Waals surface area (Å²) in [5, 5.41) is 0.834. The lowest BCUT2D eigenvalue weighted by atomic mass is 10.1. The number of hydrogen-bond acceptors (Lipinski definition) is 5. The molecule has 0 aromatic heterocycles. The summed E-state index contributed by atoms with van der Waals surface area (Å²) in [6, 6.07) is 8.51. The van der Waals surface area contributed by atoms with Crippen LogP contribution in [0.1, 0.15) is 31.9 Å². The highest BCUT2D eigenvalue weighted by Crippen LogP contribution is 2.38. The molecule has 0 aliphatic carbocycles. The molecule has 2 aromatic rings. The highest BCUT2D eigenvalue weighted by atomic mass is 79.9. The molecule has 158 valence electrons. The molecule has 8 heteroatoms. The summed E-state index contributed by atoms with van der Waals surface area (Å²) in [5.41, 5.74) is 1.36. The van der Waals surface area contributed by atoms with Crippen molar-refractivity contribution in [2.45, 2.75) is 20.8 Å². The second kappa shape index (κ2) is 9.86. The highest BCUT2D eigenvalue weighted by Gasteiger charge is 2.26. The quantitative estimate of drug-likeness (QED) is 0.312. The Morgan fingerprint density at radius 2 is 1.97 bits per heavy atom. The van der Waals surface area contributed by atoms with Gasteiger partial charge in [-0.1, -0.05) is 37.0 Å². The minimum Gasteiger partial charge on any atom is -0.490 e. The van der Waals surface area contributed by atoms with E-state index in [1.165, 1.54) is 0 Å². The third-order valence-corrected chi connectivity index (χ3v) is 5.11. The lowest BCUT2D eigenvalue weighted by Gasteiger charge is -2.16. The molecule has 1 heterocycles. The molecule has 0 N–H and O–H groups in total. The summed E-state index contributed by atoms with van der Waals surface area (Å²) in [6.07, 6.45) is 1.62. The summed E-state index contributed by atoms with van der Waals surface area (Å²) >= 11 is 15.7. The Kier molecular flexibility index (Phi) is 7.45. The standard InChI is InChI=1S/C22H20BrCl2NO4/c1-4-28-19-9-13(7-16(23)20(19)29-11-12(2)3)8-18-22(27)30-21(26-18)15-6-5-14(24)10-17(15)25/h5-10,12H,4,11H2,1-3H3/b18-8-. The lowest BCUT2D eigenvalue weighted by Crippen LogP contribution is -2.07. The van der Waals surface area contributed by atoms with Crippen molar-refractivity contribution < 1.29 is 19.0 Å². The molecule has 3 rings (SSSR count). The van der Waals surface area contributed by atoms with E-state index in [4.69, 9.17) is 37.4 Å². The monoisotopic (exact) mass is 511 g/mol. The predicted molar refractivity (Wildman–Crippen MR) is 123 cm³/mol. The highest BCUT2D eigenvalue weighted by molar-refractivity contribution is 9.10. The molecule has 0 saturated heterocycles. The van der Waals surface area contributed by atoms with E-state index in [9.17, 15) is 4.79 Å². The van der Waals surface area contributed by atoms with Gasteiger partial charge in [-0.2, -0.15) is 0 Å². The predicted octanol–water partition coefficient (Wildman–Crippen LogP) is 6.53. The molecule has 0 atom stereocenters. The Morgan fingerprint density at radius 1 is 1.20 bits per heavy atom. The van der Waals surface area contributed by atoms with Gasteiger partial charge in [0.25, 0.3) is 0 Å². The fourth-order valence-electron chi connectivity index (χ4n) is 2.67. The Hall–Kier alpha value is -2.02. The molecule has 0 radical (unpaired) electrons. The maximum absolute atomic E-state index is 12.3. The van der Waals surface area contributed by atoms with Crippen LogP contribution in [-0.4, -0.2) is 25.1 Å². The third-order valence-electron chi connectivity index (χ3n) is 3.98. The average Bonchev–Trinajstić information content (AvgIpc) is 3.01. The van der Waals surface area contributed by atoms with Gasteiger partial charge in [-0.05, 0) is 70.7 Å². The van der Waals surface area contributed by atoms with E-state index in [2.05, 4.69) is 34.8 Å². The van der Waals surface area contributed by atoms with Crippen LogP contribution in [0.5, 0.6) is 11.5 Å². The second-order valence-electron chi connectivity index (χ2n) is 6.93. The van der Waals surface area contributed by atoms with Crippen LogP contribution in [0.25, 0.3) is 6.08 Å². The molecule has 0 bridgehead atoms. The van der Waals surface area contributed by atoms with Crippen molar-refractivity contribution >= 4 is 57.1 Å². The van der Waals surface area contributed by atoms with E-state index < -0.39 is 5.97 Å². The molecular formula is C22H20BrCl2NO4. The Bertz CT molecular complexity index is 1030. The fraction of sp³-hybridized carbons (Fsp3) is 0.273. The average molecular weight is 513 g/mol. The van der Waals surface area contributed by atoms with Gasteiger partial charge in [-0.15, -0.1) is 0 Å². The zero-order chi connectivity index (χ0) is 21.8. The first-order chi connectivity index (χ1) is 14.3. The van der Waals surface area contributed by atoms with Gasteiger partial charge in [0.05, 0.1) is 28.3 Å². The number of cyclic esters (lactones) is 1. The molecule has 1 aliphatic rings. The molecule has 0 fully saturated rings. The van der Waals surface area contributed by atoms with Crippen LogP contribution in [0.3, 0.4) is 0 Å². The zero-order valence-electron chi connectivity index (χ0n) is 16.7. The Morgan fingerprint density at radius 3 is 2.63 bits per heavy atom. The van der Waals surface area contributed by atoms with Crippen LogP contribution in [-0.2, 0) is 9.53 Å². The van der Waals surface area contributed by atoms with Crippen molar-refractivity contribution in [2.24, 2.45) is 10.9 Å². The van der Waals surface area contributed by atoms with Crippen molar-refractivity contribution in [1.82, 2.24) is 0 Å². The largest absolute Gasteiger partial charge is 0.490 e. The summed E-state index contributed by atoms with van der Waals surface area (Å²) in [4.78, 5) is 16.6. The minimum absolute atomic E-state index is 0.133. The number of carbonyl (C=O) groups is 1. The Labute approximate surface area is 193 Å². The normalized spacial score (nSPS) is 14.8. The van der Waals surface area contributed by atoms with Crippen LogP contribution >= 0.6 is 39.1 Å². The van der Waals surface area contributed by atoms with E-state index >= 15 is 0 Å². The number of esters is 1. The van der Waals surface area contributed by atoms with E-state index in [-0.39, 0.29) is 11.6 Å². The topological polar surface area (TPSA) is 57.1 Å². The van der Waals surface area contributed by atoms with Crippen molar-refractivity contribution in [2.75, 3.05) is 13.2 Å². The van der Waals surface area contributed by atoms with E-state index in [1.54, 1.807) is 30.3 Å². The number of hydrogen-bond donors (Lipinski definition) is 0. The first kappa shape index (κ1) is 22.7. The SMILES string of the molecule is CCOc1cc(/C=C2\N=C(c3ccc(Cl)cc3Cl)OC2=O)cc(Br)c1OCC(C)C. The van der Waals surface area contributed by atoms with Crippen LogP contribution in [0.15, 0.2) is 45.5 Å². The molecule has 30 heavy (non-hydrogen) atoms. The van der Waals surface area contributed by atoms with Gasteiger partial charge < -0.3 is 14.2 Å². The maximum Gasteiger partial charge on any atom is 0.363 e. The van der Waals surface area contributed by atoms with E-state index in [1.807, 2.05) is 13.0 Å². The molecule has 5 nitrogen and oxygen atoms in total. The van der Waals surface area contributed by atoms with Gasteiger partial charge in [0.15, 0.2) is 17.2 Å². The van der Waals surface area contributed by atoms with Gasteiger partial charge in [-0.25, -0.2) is 9.79 Å². The number of aliphatic imine (C=N–C) groups is 1. The number of carbonyl (C=O) groups excluding carboxylic acids is 1. The number of halogens is 3. The van der Waals surface area contributed by atoms with Gasteiger partial charge in [-0.3, -0.25) is 0 Å². The summed E-state index contributed by atoms with van der Waals surface area (Å²) in [6.45, 7) is 7.07. The van der Waals surface area contributed by atoms with Crippen LogP contribution < -0.4 is 9.47 Å².